The van der Waals surface area contributed by atoms with Crippen molar-refractivity contribution in [2.75, 3.05) is 0 Å². The van der Waals surface area contributed by atoms with Crippen LogP contribution >= 0.6 is 0 Å². The molecule has 0 atom stereocenters. The Morgan fingerprint density at radius 3 is 1.40 bits per heavy atom. The molecule has 146 valence electrons. The summed E-state index contributed by atoms with van der Waals surface area (Å²) in [5.41, 5.74) is 0. The molecule has 0 saturated carbocycles. The second-order valence-electron chi connectivity index (χ2n) is 5.13. The maximum atomic E-state index is 13.2. The average Bonchev–Trinajstić information content (AvgIpc) is 2.34. The summed E-state index contributed by atoms with van der Waals surface area (Å²) < 4.78 is 144. The standard InChI is InChI=1S/C11H15F9O3S.Li/c12-8(13,10(17,18)11(19,20)24(21,22)23)6-4-2-1-3-5-7-9(14,15)16;/h1-7H2,(H,21,22,23);/q;+1/p-1. The number of hydrogen-bond acceptors (Lipinski definition) is 3. The van der Waals surface area contributed by atoms with Gasteiger partial charge in [-0.2, -0.15) is 39.5 Å². The van der Waals surface area contributed by atoms with E-state index in [1.54, 1.807) is 0 Å². The minimum absolute atomic E-state index is 0. The normalized spacial score (nSPS) is 14.3. The first-order chi connectivity index (χ1) is 10.5. The van der Waals surface area contributed by atoms with Crippen molar-refractivity contribution < 1.29 is 71.3 Å². The summed E-state index contributed by atoms with van der Waals surface area (Å²) in [6, 6.07) is 0. The third kappa shape index (κ3) is 7.56. The molecule has 0 amide bonds. The summed E-state index contributed by atoms with van der Waals surface area (Å²) in [5, 5.41) is -6.49. The van der Waals surface area contributed by atoms with Gasteiger partial charge in [-0.1, -0.05) is 19.3 Å². The predicted octanol–water partition coefficient (Wildman–Crippen LogP) is 1.69. The van der Waals surface area contributed by atoms with E-state index in [2.05, 4.69) is 0 Å². The van der Waals surface area contributed by atoms with E-state index in [1.807, 2.05) is 0 Å². The van der Waals surface area contributed by atoms with Crippen LogP contribution in [0.5, 0.6) is 0 Å². The Morgan fingerprint density at radius 2 is 1.04 bits per heavy atom. The van der Waals surface area contributed by atoms with Crippen molar-refractivity contribution in [1.82, 2.24) is 0 Å². The van der Waals surface area contributed by atoms with Crippen LogP contribution in [-0.2, 0) is 10.1 Å². The smallest absolute Gasteiger partial charge is 0.743 e. The van der Waals surface area contributed by atoms with Crippen LogP contribution in [0.1, 0.15) is 44.9 Å². The molecule has 0 aliphatic rings. The molecule has 14 heteroatoms. The third-order valence-corrected chi connectivity index (χ3v) is 3.97. The van der Waals surface area contributed by atoms with Gasteiger partial charge in [0.15, 0.2) is 10.1 Å². The van der Waals surface area contributed by atoms with Crippen molar-refractivity contribution in [2.45, 2.75) is 68.2 Å². The Hall–Kier alpha value is -0.123. The van der Waals surface area contributed by atoms with Crippen molar-refractivity contribution in [3.05, 3.63) is 0 Å². The van der Waals surface area contributed by atoms with Crippen molar-refractivity contribution in [2.24, 2.45) is 0 Å². The summed E-state index contributed by atoms with van der Waals surface area (Å²) in [6.07, 6.45) is -8.71. The molecule has 0 radical (unpaired) electrons. The molecule has 0 fully saturated rings. The number of hydrogen-bond donors (Lipinski definition) is 0. The second-order valence-corrected chi connectivity index (χ2v) is 6.55. The van der Waals surface area contributed by atoms with Crippen LogP contribution in [0.4, 0.5) is 39.5 Å². The van der Waals surface area contributed by atoms with Crippen molar-refractivity contribution in [3.63, 3.8) is 0 Å². The third-order valence-electron chi connectivity index (χ3n) is 3.09. The molecule has 0 rings (SSSR count). The molecule has 0 aromatic carbocycles. The van der Waals surface area contributed by atoms with E-state index in [4.69, 9.17) is 0 Å². The first-order valence-electron chi connectivity index (χ1n) is 6.61. The van der Waals surface area contributed by atoms with E-state index in [0.29, 0.717) is 0 Å². The number of rotatable bonds is 10. The van der Waals surface area contributed by atoms with Gasteiger partial charge in [-0.3, -0.25) is 0 Å². The van der Waals surface area contributed by atoms with E-state index in [9.17, 15) is 52.5 Å². The van der Waals surface area contributed by atoms with Gasteiger partial charge in [0.25, 0.3) is 0 Å². The molecule has 25 heavy (non-hydrogen) atoms. The second kappa shape index (κ2) is 9.19. The van der Waals surface area contributed by atoms with E-state index in [1.165, 1.54) is 0 Å². The monoisotopic (exact) mass is 404 g/mol. The van der Waals surface area contributed by atoms with Gasteiger partial charge in [0.1, 0.15) is 0 Å². The summed E-state index contributed by atoms with van der Waals surface area (Å²) in [6.45, 7) is 0. The molecule has 0 aliphatic carbocycles. The summed E-state index contributed by atoms with van der Waals surface area (Å²) in [7, 11) is -7.02. The zero-order valence-corrected chi connectivity index (χ0v) is 13.8. The van der Waals surface area contributed by atoms with E-state index in [-0.39, 0.29) is 44.5 Å². The number of alkyl halides is 9. The fraction of sp³-hybridized carbons (Fsp3) is 1.00. The van der Waals surface area contributed by atoms with Crippen LogP contribution in [0.2, 0.25) is 0 Å². The molecule has 3 nitrogen and oxygen atoms in total. The molecular weight excluding hydrogens is 390 g/mol. The van der Waals surface area contributed by atoms with Crippen LogP contribution < -0.4 is 18.9 Å². The molecule has 0 bridgehead atoms. The zero-order chi connectivity index (χ0) is 19.4. The van der Waals surface area contributed by atoms with Crippen LogP contribution in [-0.4, -0.2) is 36.2 Å². The molecule has 0 aromatic rings. The molecular formula is C11H14F9LiO3S. The molecule has 0 aliphatic heterocycles. The Balaban J connectivity index is 0. The van der Waals surface area contributed by atoms with Gasteiger partial charge in [-0.15, -0.1) is 0 Å². The number of halogens is 9. The molecule has 0 spiro atoms. The fourth-order valence-corrected chi connectivity index (χ4v) is 2.19. The van der Waals surface area contributed by atoms with Crippen LogP contribution in [0.15, 0.2) is 0 Å². The molecule has 0 heterocycles. The van der Waals surface area contributed by atoms with Crippen LogP contribution in [0, 0.1) is 0 Å². The van der Waals surface area contributed by atoms with Gasteiger partial charge in [0.05, 0.1) is 0 Å². The van der Waals surface area contributed by atoms with Gasteiger partial charge in [-0.05, 0) is 12.8 Å². The zero-order valence-electron chi connectivity index (χ0n) is 13.0. The quantitative estimate of drug-likeness (QED) is 0.241. The maximum Gasteiger partial charge on any atom is 1.00 e. The van der Waals surface area contributed by atoms with Crippen LogP contribution in [0.25, 0.3) is 0 Å². The predicted molar refractivity (Wildman–Crippen MR) is 62.9 cm³/mol. The molecule has 0 unspecified atom stereocenters. The summed E-state index contributed by atoms with van der Waals surface area (Å²) in [4.78, 5) is 0. The van der Waals surface area contributed by atoms with Gasteiger partial charge in [0, 0.05) is 12.8 Å². The Morgan fingerprint density at radius 1 is 0.680 bits per heavy atom. The Labute approximate surface area is 150 Å². The van der Waals surface area contributed by atoms with E-state index < -0.39 is 52.7 Å². The van der Waals surface area contributed by atoms with Crippen molar-refractivity contribution in [3.8, 4) is 0 Å². The summed E-state index contributed by atoms with van der Waals surface area (Å²) in [5.74, 6) is -11.9. The molecule has 0 aromatic heterocycles. The largest absolute Gasteiger partial charge is 1.00 e. The van der Waals surface area contributed by atoms with Crippen molar-refractivity contribution in [1.29, 1.82) is 0 Å². The van der Waals surface area contributed by atoms with Gasteiger partial charge >= 0.3 is 42.1 Å². The van der Waals surface area contributed by atoms with Crippen molar-refractivity contribution >= 4 is 10.1 Å². The van der Waals surface area contributed by atoms with E-state index in [0.717, 1.165) is 0 Å². The minimum Gasteiger partial charge on any atom is -0.743 e. The Bertz CT molecular complexity index is 505. The first kappa shape index (κ1) is 27.1. The summed E-state index contributed by atoms with van der Waals surface area (Å²) >= 11 is 0. The van der Waals surface area contributed by atoms with Gasteiger partial charge in [0.2, 0.25) is 0 Å². The topological polar surface area (TPSA) is 57.2 Å². The average molecular weight is 404 g/mol. The molecule has 0 N–H and O–H groups in total. The maximum absolute atomic E-state index is 13.2. The SMILES string of the molecule is O=S(=O)([O-])C(F)(F)C(F)(F)C(F)(F)CCCCCCCC(F)(F)F.[Li+]. The van der Waals surface area contributed by atoms with Crippen LogP contribution in [0.3, 0.4) is 0 Å². The Kier molecular flexibility index (Phi) is 9.96. The van der Waals surface area contributed by atoms with Gasteiger partial charge in [-0.25, -0.2) is 8.42 Å². The molecule has 0 saturated heterocycles. The first-order valence-corrected chi connectivity index (χ1v) is 8.02. The number of unbranched alkanes of at least 4 members (excludes halogenated alkanes) is 4. The minimum atomic E-state index is -7.02. The van der Waals surface area contributed by atoms with Gasteiger partial charge < -0.3 is 4.55 Å². The van der Waals surface area contributed by atoms with E-state index >= 15 is 0 Å². The fourth-order valence-electron chi connectivity index (χ4n) is 1.73.